The van der Waals surface area contributed by atoms with Crippen LogP contribution in [0.25, 0.3) is 0 Å². The van der Waals surface area contributed by atoms with E-state index < -0.39 is 0 Å². The summed E-state index contributed by atoms with van der Waals surface area (Å²) in [6.45, 7) is 4.48. The van der Waals surface area contributed by atoms with Crippen molar-refractivity contribution in [1.29, 1.82) is 0 Å². The third kappa shape index (κ3) is 1.84. The number of aliphatic hydroxyl groups is 2. The fourth-order valence-corrected chi connectivity index (χ4v) is 7.13. The van der Waals surface area contributed by atoms with Crippen molar-refractivity contribution >= 4 is 5.78 Å². The van der Waals surface area contributed by atoms with Crippen molar-refractivity contribution < 1.29 is 15.0 Å². The summed E-state index contributed by atoms with van der Waals surface area (Å²) >= 11 is 0. The summed E-state index contributed by atoms with van der Waals surface area (Å²) in [5, 5.41) is 21.0. The second-order valence-corrected chi connectivity index (χ2v) is 9.16. The van der Waals surface area contributed by atoms with E-state index >= 15 is 0 Å². The molecule has 0 aromatic heterocycles. The lowest BCUT2D eigenvalue weighted by atomic mass is 9.44. The highest BCUT2D eigenvalue weighted by Gasteiger charge is 2.63. The smallest absolute Gasteiger partial charge is 0.139 e. The molecule has 4 aliphatic carbocycles. The van der Waals surface area contributed by atoms with Gasteiger partial charge in [-0.2, -0.15) is 0 Å². The second kappa shape index (κ2) is 4.80. The number of hydrogen-bond acceptors (Lipinski definition) is 3. The van der Waals surface area contributed by atoms with Crippen molar-refractivity contribution in [3.63, 3.8) is 0 Å². The summed E-state index contributed by atoms with van der Waals surface area (Å²) in [6.07, 6.45) is 7.08. The molecule has 2 N–H and O–H groups in total. The SMILES string of the molecule is C[C@]12CCC(O)C[C@@H]1CCC1[C@@H]2[C@@H](O)C[C@]2(C)C(=O)CC[C@@H]12. The predicted octanol–water partition coefficient (Wildman–Crippen LogP) is 2.93. The molecule has 0 spiro atoms. The van der Waals surface area contributed by atoms with Gasteiger partial charge in [-0.1, -0.05) is 13.8 Å². The molecule has 22 heavy (non-hydrogen) atoms. The maximum atomic E-state index is 12.4. The van der Waals surface area contributed by atoms with Crippen molar-refractivity contribution in [2.24, 2.45) is 34.5 Å². The van der Waals surface area contributed by atoms with Crippen LogP contribution in [0.1, 0.15) is 65.2 Å². The minimum absolute atomic E-state index is 0.145. The van der Waals surface area contributed by atoms with E-state index in [1.165, 1.54) is 6.42 Å². The lowest BCUT2D eigenvalue weighted by molar-refractivity contribution is -0.175. The Labute approximate surface area is 133 Å². The zero-order chi connectivity index (χ0) is 15.7. The predicted molar refractivity (Wildman–Crippen MR) is 84.1 cm³/mol. The number of fused-ring (bicyclic) bond motifs is 5. The van der Waals surface area contributed by atoms with Gasteiger partial charge in [0.15, 0.2) is 0 Å². The van der Waals surface area contributed by atoms with E-state index in [0.29, 0.717) is 35.9 Å². The van der Waals surface area contributed by atoms with Crippen LogP contribution in [-0.4, -0.2) is 28.2 Å². The Hall–Kier alpha value is -0.410. The molecule has 4 aliphatic rings. The first-order chi connectivity index (χ1) is 10.4. The van der Waals surface area contributed by atoms with Crippen LogP contribution in [-0.2, 0) is 4.79 Å². The summed E-state index contributed by atoms with van der Waals surface area (Å²) in [6, 6.07) is 0. The van der Waals surface area contributed by atoms with E-state index in [0.717, 1.165) is 38.5 Å². The minimum atomic E-state index is -0.337. The van der Waals surface area contributed by atoms with Crippen LogP contribution in [0, 0.1) is 34.5 Å². The van der Waals surface area contributed by atoms with Crippen molar-refractivity contribution in [3.05, 3.63) is 0 Å². The molecule has 0 aliphatic heterocycles. The first-order valence-corrected chi connectivity index (χ1v) is 9.25. The van der Waals surface area contributed by atoms with Crippen LogP contribution in [0.5, 0.6) is 0 Å². The average molecular weight is 306 g/mol. The normalized spacial score (nSPS) is 57.9. The second-order valence-electron chi connectivity index (χ2n) is 9.16. The van der Waals surface area contributed by atoms with E-state index in [-0.39, 0.29) is 23.0 Å². The molecule has 0 aromatic rings. The van der Waals surface area contributed by atoms with Gasteiger partial charge in [-0.05, 0) is 74.0 Å². The Balaban J connectivity index is 1.69. The molecule has 124 valence electrons. The van der Waals surface area contributed by atoms with Crippen molar-refractivity contribution in [3.8, 4) is 0 Å². The zero-order valence-corrected chi connectivity index (χ0v) is 13.9. The molecule has 0 heterocycles. The quantitative estimate of drug-likeness (QED) is 0.723. The average Bonchev–Trinajstić information content (AvgIpc) is 2.75. The van der Waals surface area contributed by atoms with E-state index in [1.54, 1.807) is 0 Å². The lowest BCUT2D eigenvalue weighted by Gasteiger charge is -2.61. The summed E-state index contributed by atoms with van der Waals surface area (Å²) in [5.41, 5.74) is -0.105. The van der Waals surface area contributed by atoms with Gasteiger partial charge in [0.1, 0.15) is 5.78 Å². The molecule has 0 aromatic carbocycles. The summed E-state index contributed by atoms with van der Waals surface area (Å²) < 4.78 is 0. The lowest BCUT2D eigenvalue weighted by Crippen LogP contribution is -2.59. The third-order valence-electron chi connectivity index (χ3n) is 8.28. The van der Waals surface area contributed by atoms with E-state index in [2.05, 4.69) is 13.8 Å². The van der Waals surface area contributed by atoms with Gasteiger partial charge in [0.25, 0.3) is 0 Å². The van der Waals surface area contributed by atoms with Crippen LogP contribution in [0.2, 0.25) is 0 Å². The highest BCUT2D eigenvalue weighted by molar-refractivity contribution is 5.87. The molecule has 3 nitrogen and oxygen atoms in total. The van der Waals surface area contributed by atoms with Crippen LogP contribution >= 0.6 is 0 Å². The third-order valence-corrected chi connectivity index (χ3v) is 8.28. The Kier molecular flexibility index (Phi) is 3.30. The van der Waals surface area contributed by atoms with E-state index in [1.807, 2.05) is 0 Å². The number of hydrogen-bond donors (Lipinski definition) is 2. The van der Waals surface area contributed by atoms with Crippen molar-refractivity contribution in [1.82, 2.24) is 0 Å². The topological polar surface area (TPSA) is 57.5 Å². The zero-order valence-electron chi connectivity index (χ0n) is 13.9. The number of aliphatic hydroxyl groups excluding tert-OH is 2. The first-order valence-electron chi connectivity index (χ1n) is 9.25. The highest BCUT2D eigenvalue weighted by Crippen LogP contribution is 2.65. The molecule has 4 saturated carbocycles. The molecular formula is C19H30O3. The molecule has 0 bridgehead atoms. The van der Waals surface area contributed by atoms with Crippen LogP contribution in [0.15, 0.2) is 0 Å². The van der Waals surface area contributed by atoms with Crippen LogP contribution in [0.4, 0.5) is 0 Å². The standard InChI is InChI=1S/C19H30O3/c1-18-8-7-12(20)9-11(18)3-4-13-14-5-6-16(22)19(14,2)10-15(21)17(13)18/h11-15,17,20-21H,3-10H2,1-2H3/t11-,12?,13?,14-,15-,17+,18-,19-/m0/s1. The first kappa shape index (κ1) is 15.1. The fraction of sp³-hybridized carbons (Fsp3) is 0.947. The monoisotopic (exact) mass is 306 g/mol. The Morgan fingerprint density at radius 1 is 1.09 bits per heavy atom. The Morgan fingerprint density at radius 3 is 2.64 bits per heavy atom. The van der Waals surface area contributed by atoms with Gasteiger partial charge in [-0.15, -0.1) is 0 Å². The maximum Gasteiger partial charge on any atom is 0.139 e. The number of carbonyl (C=O) groups excluding carboxylic acids is 1. The molecule has 4 fully saturated rings. The largest absolute Gasteiger partial charge is 0.393 e. The minimum Gasteiger partial charge on any atom is -0.393 e. The number of Topliss-reactive ketones (excluding diaryl/α,β-unsaturated/α-hetero) is 1. The van der Waals surface area contributed by atoms with Gasteiger partial charge in [0.05, 0.1) is 12.2 Å². The van der Waals surface area contributed by atoms with Crippen molar-refractivity contribution in [2.75, 3.05) is 0 Å². The van der Waals surface area contributed by atoms with E-state index in [9.17, 15) is 15.0 Å². The van der Waals surface area contributed by atoms with Crippen LogP contribution < -0.4 is 0 Å². The van der Waals surface area contributed by atoms with E-state index in [4.69, 9.17) is 0 Å². The van der Waals surface area contributed by atoms with Crippen LogP contribution in [0.3, 0.4) is 0 Å². The van der Waals surface area contributed by atoms with Gasteiger partial charge >= 0.3 is 0 Å². The van der Waals surface area contributed by atoms with Gasteiger partial charge < -0.3 is 10.2 Å². The Morgan fingerprint density at radius 2 is 1.86 bits per heavy atom. The molecule has 4 rings (SSSR count). The van der Waals surface area contributed by atoms with Gasteiger partial charge in [-0.25, -0.2) is 0 Å². The summed E-state index contributed by atoms with van der Waals surface area (Å²) in [4.78, 5) is 12.4. The Bertz CT molecular complexity index is 489. The molecule has 0 saturated heterocycles. The molecule has 0 radical (unpaired) electrons. The molecular weight excluding hydrogens is 276 g/mol. The van der Waals surface area contributed by atoms with Gasteiger partial charge in [0, 0.05) is 11.8 Å². The molecule has 2 unspecified atom stereocenters. The number of ketones is 1. The highest BCUT2D eigenvalue weighted by atomic mass is 16.3. The summed E-state index contributed by atoms with van der Waals surface area (Å²) in [5.74, 6) is 2.27. The maximum absolute atomic E-state index is 12.4. The molecule has 3 heteroatoms. The summed E-state index contributed by atoms with van der Waals surface area (Å²) in [7, 11) is 0. The van der Waals surface area contributed by atoms with Crippen molar-refractivity contribution in [2.45, 2.75) is 77.4 Å². The number of rotatable bonds is 0. The van der Waals surface area contributed by atoms with Gasteiger partial charge in [0.2, 0.25) is 0 Å². The molecule has 8 atom stereocenters. The molecule has 0 amide bonds. The van der Waals surface area contributed by atoms with Gasteiger partial charge in [-0.3, -0.25) is 4.79 Å². The fourth-order valence-electron chi connectivity index (χ4n) is 7.13. The number of carbonyl (C=O) groups is 1.